The lowest BCUT2D eigenvalue weighted by Gasteiger charge is -2.22. The van der Waals surface area contributed by atoms with Crippen LogP contribution in [0.1, 0.15) is 5.69 Å². The molecule has 7 heteroatoms. The molecular weight excluding hydrogens is 304 g/mol. The standard InChI is InChI=1S/C17H18N6O/c1-11-4-15(19-10-18-11)22-6-13-8-23(9-14(13)7-22)17-16-12(2-3-24-16)5-20-21-17/h2-5,10,13-14H,6-9H2,1H3. The Labute approximate surface area is 139 Å². The van der Waals surface area contributed by atoms with Crippen molar-refractivity contribution in [3.63, 3.8) is 0 Å². The van der Waals surface area contributed by atoms with Crippen molar-refractivity contribution in [2.45, 2.75) is 6.92 Å². The Balaban J connectivity index is 1.36. The molecule has 5 rings (SSSR count). The molecule has 2 unspecified atom stereocenters. The van der Waals surface area contributed by atoms with Crippen LogP contribution in [0, 0.1) is 18.8 Å². The Morgan fingerprint density at radius 3 is 2.67 bits per heavy atom. The third-order valence-electron chi connectivity index (χ3n) is 5.15. The van der Waals surface area contributed by atoms with Gasteiger partial charge in [0, 0.05) is 55.2 Å². The smallest absolute Gasteiger partial charge is 0.195 e. The van der Waals surface area contributed by atoms with Gasteiger partial charge in [-0.3, -0.25) is 0 Å². The maximum absolute atomic E-state index is 5.62. The maximum Gasteiger partial charge on any atom is 0.195 e. The summed E-state index contributed by atoms with van der Waals surface area (Å²) in [6.07, 6.45) is 5.10. The highest BCUT2D eigenvalue weighted by atomic mass is 16.3. The lowest BCUT2D eigenvalue weighted by atomic mass is 10.0. The molecule has 2 saturated heterocycles. The fourth-order valence-electron chi connectivity index (χ4n) is 3.97. The van der Waals surface area contributed by atoms with Crippen molar-refractivity contribution in [2.24, 2.45) is 11.8 Å². The highest BCUT2D eigenvalue weighted by Crippen LogP contribution is 2.36. The van der Waals surface area contributed by atoms with Crippen LogP contribution in [-0.2, 0) is 0 Å². The molecule has 0 aromatic carbocycles. The predicted molar refractivity (Wildman–Crippen MR) is 90.0 cm³/mol. The first-order chi connectivity index (χ1) is 11.8. The third kappa shape index (κ3) is 2.11. The molecule has 3 aromatic heterocycles. The average molecular weight is 322 g/mol. The molecule has 2 atom stereocenters. The fraction of sp³-hybridized carbons (Fsp3) is 0.412. The van der Waals surface area contributed by atoms with Crippen molar-refractivity contribution in [3.05, 3.63) is 36.6 Å². The number of furan rings is 1. The van der Waals surface area contributed by atoms with E-state index in [2.05, 4.69) is 36.0 Å². The topological polar surface area (TPSA) is 71.2 Å². The van der Waals surface area contributed by atoms with Gasteiger partial charge in [-0.2, -0.15) is 5.10 Å². The maximum atomic E-state index is 5.62. The number of rotatable bonds is 2. The minimum Gasteiger partial charge on any atom is -0.460 e. The Morgan fingerprint density at radius 1 is 1.08 bits per heavy atom. The zero-order valence-corrected chi connectivity index (χ0v) is 13.5. The van der Waals surface area contributed by atoms with Crippen molar-refractivity contribution in [3.8, 4) is 0 Å². The first kappa shape index (κ1) is 13.7. The van der Waals surface area contributed by atoms with Gasteiger partial charge in [0.25, 0.3) is 0 Å². The molecule has 7 nitrogen and oxygen atoms in total. The van der Waals surface area contributed by atoms with Crippen LogP contribution in [0.15, 0.2) is 35.3 Å². The van der Waals surface area contributed by atoms with Gasteiger partial charge in [-0.25, -0.2) is 9.97 Å². The van der Waals surface area contributed by atoms with Crippen LogP contribution in [0.25, 0.3) is 11.0 Å². The Hall–Kier alpha value is -2.70. The second-order valence-corrected chi connectivity index (χ2v) is 6.72. The molecule has 2 aliphatic heterocycles. The zero-order chi connectivity index (χ0) is 16.1. The van der Waals surface area contributed by atoms with Crippen LogP contribution in [-0.4, -0.2) is 46.3 Å². The van der Waals surface area contributed by atoms with E-state index in [1.54, 1.807) is 18.8 Å². The van der Waals surface area contributed by atoms with Gasteiger partial charge in [0.15, 0.2) is 11.4 Å². The fourth-order valence-corrected chi connectivity index (χ4v) is 3.97. The number of hydrogen-bond acceptors (Lipinski definition) is 7. The first-order valence-corrected chi connectivity index (χ1v) is 8.25. The van der Waals surface area contributed by atoms with Crippen molar-refractivity contribution >= 4 is 22.6 Å². The number of anilines is 2. The quantitative estimate of drug-likeness (QED) is 0.713. The number of hydrogen-bond donors (Lipinski definition) is 0. The van der Waals surface area contributed by atoms with Crippen LogP contribution in [0.5, 0.6) is 0 Å². The highest BCUT2D eigenvalue weighted by molar-refractivity contribution is 5.86. The zero-order valence-electron chi connectivity index (χ0n) is 13.5. The molecule has 122 valence electrons. The summed E-state index contributed by atoms with van der Waals surface area (Å²) in [4.78, 5) is 13.3. The van der Waals surface area contributed by atoms with Gasteiger partial charge >= 0.3 is 0 Å². The normalized spacial score (nSPS) is 23.2. The van der Waals surface area contributed by atoms with E-state index in [9.17, 15) is 0 Å². The largest absolute Gasteiger partial charge is 0.460 e. The minimum absolute atomic E-state index is 0.618. The van der Waals surface area contributed by atoms with E-state index in [0.717, 1.165) is 54.5 Å². The van der Waals surface area contributed by atoms with Gasteiger partial charge < -0.3 is 14.2 Å². The summed E-state index contributed by atoms with van der Waals surface area (Å²) >= 11 is 0. The second kappa shape index (κ2) is 5.15. The van der Waals surface area contributed by atoms with E-state index in [0.29, 0.717) is 11.8 Å². The van der Waals surface area contributed by atoms with Crippen molar-refractivity contribution in [1.82, 2.24) is 20.2 Å². The number of fused-ring (bicyclic) bond motifs is 2. The van der Waals surface area contributed by atoms with E-state index < -0.39 is 0 Å². The molecule has 2 aliphatic rings. The van der Waals surface area contributed by atoms with Gasteiger partial charge in [0.1, 0.15) is 12.1 Å². The van der Waals surface area contributed by atoms with Crippen LogP contribution >= 0.6 is 0 Å². The first-order valence-electron chi connectivity index (χ1n) is 8.25. The van der Waals surface area contributed by atoms with Gasteiger partial charge in [-0.05, 0) is 13.0 Å². The van der Waals surface area contributed by atoms with Crippen LogP contribution in [0.4, 0.5) is 11.6 Å². The number of nitrogens with zero attached hydrogens (tertiary/aromatic N) is 6. The predicted octanol–water partition coefficient (Wildman–Crippen LogP) is 1.89. The van der Waals surface area contributed by atoms with Gasteiger partial charge in [0.2, 0.25) is 0 Å². The van der Waals surface area contributed by atoms with E-state index in [4.69, 9.17) is 4.42 Å². The molecule has 5 heterocycles. The Bertz CT molecular complexity index is 879. The average Bonchev–Trinajstić information content (AvgIpc) is 3.28. The summed E-state index contributed by atoms with van der Waals surface area (Å²) in [6.45, 7) is 6.03. The molecule has 0 bridgehead atoms. The summed E-state index contributed by atoms with van der Waals surface area (Å²) in [5.74, 6) is 3.15. The monoisotopic (exact) mass is 322 g/mol. The molecule has 0 spiro atoms. The third-order valence-corrected chi connectivity index (χ3v) is 5.15. The molecule has 24 heavy (non-hydrogen) atoms. The van der Waals surface area contributed by atoms with Crippen LogP contribution in [0.2, 0.25) is 0 Å². The van der Waals surface area contributed by atoms with Crippen LogP contribution < -0.4 is 9.80 Å². The molecule has 3 aromatic rings. The summed E-state index contributed by atoms with van der Waals surface area (Å²) in [5, 5.41) is 9.45. The second-order valence-electron chi connectivity index (χ2n) is 6.72. The lowest BCUT2D eigenvalue weighted by molar-refractivity contribution is 0.533. The molecule has 0 N–H and O–H groups in total. The summed E-state index contributed by atoms with van der Waals surface area (Å²) < 4.78 is 5.62. The SMILES string of the molecule is Cc1cc(N2CC3CN(c4nncc5ccoc45)CC3C2)ncn1. The van der Waals surface area contributed by atoms with Gasteiger partial charge in [-0.15, -0.1) is 5.10 Å². The number of aromatic nitrogens is 4. The summed E-state index contributed by atoms with van der Waals surface area (Å²) in [7, 11) is 0. The lowest BCUT2D eigenvalue weighted by Crippen LogP contribution is -2.29. The Morgan fingerprint density at radius 2 is 1.88 bits per heavy atom. The van der Waals surface area contributed by atoms with Crippen molar-refractivity contribution < 1.29 is 4.42 Å². The van der Waals surface area contributed by atoms with E-state index in [1.807, 2.05) is 13.0 Å². The summed E-state index contributed by atoms with van der Waals surface area (Å²) in [6, 6.07) is 4.00. The molecule has 0 saturated carbocycles. The minimum atomic E-state index is 0.618. The van der Waals surface area contributed by atoms with Crippen molar-refractivity contribution in [2.75, 3.05) is 36.0 Å². The van der Waals surface area contributed by atoms with Crippen LogP contribution in [0.3, 0.4) is 0 Å². The molecule has 2 fully saturated rings. The van der Waals surface area contributed by atoms with Gasteiger partial charge in [0.05, 0.1) is 12.5 Å². The number of aryl methyl sites for hydroxylation is 1. The van der Waals surface area contributed by atoms with E-state index >= 15 is 0 Å². The van der Waals surface area contributed by atoms with Gasteiger partial charge in [-0.1, -0.05) is 0 Å². The molecular formula is C17H18N6O. The van der Waals surface area contributed by atoms with Crippen molar-refractivity contribution in [1.29, 1.82) is 0 Å². The van der Waals surface area contributed by atoms with E-state index in [1.165, 1.54) is 0 Å². The highest BCUT2D eigenvalue weighted by Gasteiger charge is 2.41. The molecule has 0 radical (unpaired) electrons. The molecule has 0 aliphatic carbocycles. The van der Waals surface area contributed by atoms with E-state index in [-0.39, 0.29) is 0 Å². The molecule has 0 amide bonds. The Kier molecular flexibility index (Phi) is 2.95. The summed E-state index contributed by atoms with van der Waals surface area (Å²) in [5.41, 5.74) is 1.85.